The van der Waals surface area contributed by atoms with Crippen molar-refractivity contribution in [3.05, 3.63) is 64.6 Å². The molecular formula is C16H20Cl2SSiZr-2. The Morgan fingerprint density at radius 1 is 1.24 bits per heavy atom. The summed E-state index contributed by atoms with van der Waals surface area (Å²) < 4.78 is 0. The van der Waals surface area contributed by atoms with Gasteiger partial charge < -0.3 is 24.8 Å². The van der Waals surface area contributed by atoms with Crippen molar-refractivity contribution in [2.24, 2.45) is 0 Å². The van der Waals surface area contributed by atoms with Crippen LogP contribution in [0.1, 0.15) is 13.8 Å². The molecule has 0 spiro atoms. The number of hydrogen-bond acceptors (Lipinski definition) is 1. The van der Waals surface area contributed by atoms with E-state index in [2.05, 4.69) is 45.2 Å². The number of fused-ring (bicyclic) bond motifs is 1. The van der Waals surface area contributed by atoms with E-state index in [4.69, 9.17) is 0 Å². The molecule has 1 unspecified atom stereocenters. The first kappa shape index (κ1) is 23.9. The first-order chi connectivity index (χ1) is 8.99. The molecule has 1 heterocycles. The summed E-state index contributed by atoms with van der Waals surface area (Å²) in [5.41, 5.74) is 2.79. The summed E-state index contributed by atoms with van der Waals surface area (Å²) in [4.78, 5) is 1.41. The van der Waals surface area contributed by atoms with Crippen LogP contribution < -0.4 is 24.8 Å². The second kappa shape index (κ2) is 13.1. The second-order valence-electron chi connectivity index (χ2n) is 4.68. The van der Waals surface area contributed by atoms with Crippen LogP contribution in [0.15, 0.2) is 58.5 Å². The molecule has 0 aromatic heterocycles. The molecule has 1 aliphatic carbocycles. The number of thioether (sulfide) groups is 1. The molecule has 21 heavy (non-hydrogen) atoms. The fraction of sp³-hybridized carbons (Fsp3) is 0.312. The zero-order valence-electron chi connectivity index (χ0n) is 12.8. The van der Waals surface area contributed by atoms with Gasteiger partial charge in [0.15, 0.2) is 0 Å². The van der Waals surface area contributed by atoms with Crippen molar-refractivity contribution in [3.63, 3.8) is 0 Å². The van der Waals surface area contributed by atoms with Crippen molar-refractivity contribution in [2.45, 2.75) is 32.2 Å². The molecule has 1 aromatic carbocycles. The van der Waals surface area contributed by atoms with Crippen molar-refractivity contribution >= 4 is 17.2 Å². The molecule has 0 nitrogen and oxygen atoms in total. The molecule has 0 saturated heterocycles. The predicted octanol–water partition coefficient (Wildman–Crippen LogP) is -1.11. The van der Waals surface area contributed by atoms with E-state index in [1.165, 1.54) is 16.1 Å². The minimum Gasteiger partial charge on any atom is -1.00 e. The molecular weight excluding hydrogens is 414 g/mol. The SMILES string of the molecule is CC1=[C-]C2=CC(C)SC2=C1.C[Si](C)=[Zr+2].[Cl-].[Cl-].c1cc[cH-]c1. The van der Waals surface area contributed by atoms with Gasteiger partial charge in [0.1, 0.15) is 0 Å². The first-order valence-electron chi connectivity index (χ1n) is 6.38. The topological polar surface area (TPSA) is 0 Å². The number of rotatable bonds is 0. The maximum absolute atomic E-state index is 3.31. The van der Waals surface area contributed by atoms with Crippen LogP contribution in [-0.4, -0.2) is 10.7 Å². The van der Waals surface area contributed by atoms with Crippen LogP contribution in [0.5, 0.6) is 0 Å². The van der Waals surface area contributed by atoms with Gasteiger partial charge >= 0.3 is 41.9 Å². The van der Waals surface area contributed by atoms with Gasteiger partial charge in [-0.05, 0) is 5.25 Å². The van der Waals surface area contributed by atoms with Gasteiger partial charge in [-0.2, -0.15) is 36.0 Å². The summed E-state index contributed by atoms with van der Waals surface area (Å²) in [6.45, 7) is 8.93. The average molecular weight is 435 g/mol. The van der Waals surface area contributed by atoms with Gasteiger partial charge in [0.05, 0.1) is 0 Å². The van der Waals surface area contributed by atoms with E-state index < -0.39 is 0 Å². The molecule has 0 bridgehead atoms. The molecule has 3 rings (SSSR count). The summed E-state index contributed by atoms with van der Waals surface area (Å²) >= 11 is 3.66. The fourth-order valence-corrected chi connectivity index (χ4v) is 2.69. The van der Waals surface area contributed by atoms with Crippen LogP contribution in [0, 0.1) is 6.08 Å². The predicted molar refractivity (Wildman–Crippen MR) is 85.2 cm³/mol. The minimum atomic E-state index is 0. The van der Waals surface area contributed by atoms with Crippen LogP contribution >= 0.6 is 11.8 Å². The first-order valence-corrected chi connectivity index (χ1v) is 13.4. The summed E-state index contributed by atoms with van der Waals surface area (Å²) in [6.07, 6.45) is 7.79. The maximum atomic E-state index is 3.31. The number of allylic oxidation sites excluding steroid dienone is 4. The van der Waals surface area contributed by atoms with Crippen molar-refractivity contribution in [3.8, 4) is 0 Å². The third kappa shape index (κ3) is 10.9. The molecule has 5 heteroatoms. The zero-order valence-corrected chi connectivity index (χ0v) is 18.6. The Kier molecular flexibility index (Phi) is 14.9. The van der Waals surface area contributed by atoms with Crippen LogP contribution in [0.2, 0.25) is 13.1 Å². The van der Waals surface area contributed by atoms with E-state index >= 15 is 0 Å². The van der Waals surface area contributed by atoms with Gasteiger partial charge in [-0.1, -0.05) is 13.8 Å². The quantitative estimate of drug-likeness (QED) is 0.369. The van der Waals surface area contributed by atoms with E-state index in [0.717, 1.165) is 0 Å². The van der Waals surface area contributed by atoms with Gasteiger partial charge in [0.2, 0.25) is 0 Å². The third-order valence-electron chi connectivity index (χ3n) is 2.21. The molecule has 0 radical (unpaired) electrons. The molecule has 1 atom stereocenters. The molecule has 2 aliphatic rings. The van der Waals surface area contributed by atoms with Crippen LogP contribution in [0.4, 0.5) is 0 Å². The molecule has 1 aliphatic heterocycles. The molecule has 114 valence electrons. The van der Waals surface area contributed by atoms with Crippen LogP contribution in [0.25, 0.3) is 0 Å². The van der Waals surface area contributed by atoms with Crippen molar-refractivity contribution in [1.29, 1.82) is 0 Å². The Balaban J connectivity index is 0. The second-order valence-corrected chi connectivity index (χ2v) is 15.5. The largest absolute Gasteiger partial charge is 1.00 e. The zero-order chi connectivity index (χ0) is 14.3. The van der Waals surface area contributed by atoms with Gasteiger partial charge in [-0.15, -0.1) is 28.2 Å². The van der Waals surface area contributed by atoms with Gasteiger partial charge in [-0.25, -0.2) is 12.1 Å². The van der Waals surface area contributed by atoms with E-state index in [0.29, 0.717) is 5.25 Å². The standard InChI is InChI=1S/C9H9S.C5H5.C2H6Si.2ClH.Zr/c1-6-3-8-5-7(2)10-9(8)4-6;1-2-4-5-3-1;1-3-2;;;/h4-5,7H,1-2H3;1-5H;1-2H3;2*1H;/q2*-1;;;;+2/p-2. The van der Waals surface area contributed by atoms with Gasteiger partial charge in [0, 0.05) is 0 Å². The Morgan fingerprint density at radius 2 is 1.76 bits per heavy atom. The van der Waals surface area contributed by atoms with Crippen molar-refractivity contribution in [2.75, 3.05) is 0 Å². The molecule has 0 saturated carbocycles. The summed E-state index contributed by atoms with van der Waals surface area (Å²) in [7, 11) is 0. The third-order valence-corrected chi connectivity index (χ3v) is 3.31. The Hall–Kier alpha value is 0.600. The van der Waals surface area contributed by atoms with E-state index in [-0.39, 0.29) is 30.2 Å². The smallest absolute Gasteiger partial charge is 0.172 e. The average Bonchev–Trinajstić information content (AvgIpc) is 2.94. The Morgan fingerprint density at radius 3 is 2.14 bits per heavy atom. The monoisotopic (exact) mass is 432 g/mol. The Labute approximate surface area is 161 Å². The molecule has 0 fully saturated rings. The van der Waals surface area contributed by atoms with Crippen LogP contribution in [-0.2, 0) is 23.3 Å². The minimum absolute atomic E-state index is 0. The van der Waals surface area contributed by atoms with E-state index in [1.54, 1.807) is 23.3 Å². The van der Waals surface area contributed by atoms with Gasteiger partial charge in [0.25, 0.3) is 0 Å². The maximum Gasteiger partial charge on any atom is -0.172 e. The van der Waals surface area contributed by atoms with Crippen molar-refractivity contribution in [1.82, 2.24) is 0 Å². The molecule has 0 N–H and O–H groups in total. The van der Waals surface area contributed by atoms with E-state index in [9.17, 15) is 0 Å². The van der Waals surface area contributed by atoms with Crippen LogP contribution in [0.3, 0.4) is 0 Å². The Bertz CT molecular complexity index is 483. The summed E-state index contributed by atoms with van der Waals surface area (Å²) in [5.74, 6) is 0. The molecule has 1 aromatic rings. The van der Waals surface area contributed by atoms with Crippen molar-refractivity contribution < 1.29 is 48.1 Å². The summed E-state index contributed by atoms with van der Waals surface area (Å²) in [5, 5.41) is 0.654. The number of hydrogen-bond donors (Lipinski definition) is 0. The van der Waals surface area contributed by atoms with Gasteiger partial charge in [-0.3, -0.25) is 0 Å². The summed E-state index contributed by atoms with van der Waals surface area (Å²) in [6, 6.07) is 10.0. The molecule has 0 amide bonds. The van der Waals surface area contributed by atoms with E-state index in [1.807, 2.05) is 42.1 Å². The fourth-order valence-electron chi connectivity index (χ4n) is 1.60. The number of halogens is 2. The normalized spacial score (nSPS) is 17.2.